The Morgan fingerprint density at radius 1 is 1.27 bits per heavy atom. The molecule has 0 amide bonds. The lowest BCUT2D eigenvalue weighted by molar-refractivity contribution is 0.0515. The summed E-state index contributed by atoms with van der Waals surface area (Å²) in [7, 11) is 0. The van der Waals surface area contributed by atoms with Gasteiger partial charge in [-0.15, -0.1) is 0 Å². The molecule has 26 heavy (non-hydrogen) atoms. The van der Waals surface area contributed by atoms with Crippen LogP contribution in [0.5, 0.6) is 0 Å². The molecule has 0 radical (unpaired) electrons. The molecule has 3 rings (SSSR count). The third-order valence-electron chi connectivity index (χ3n) is 4.06. The van der Waals surface area contributed by atoms with Gasteiger partial charge in [0.2, 0.25) is 0 Å². The minimum Gasteiger partial charge on any atom is -0.461 e. The fraction of sp³-hybridized carbons (Fsp3) is 0.211. The van der Waals surface area contributed by atoms with Crippen LogP contribution in [0, 0.1) is 6.92 Å². The van der Waals surface area contributed by atoms with E-state index in [1.54, 1.807) is 23.8 Å². The number of carbonyl (C=O) groups excluding carboxylic acids is 1. The van der Waals surface area contributed by atoms with E-state index in [0.29, 0.717) is 5.69 Å². The number of hydrogen-bond acceptors (Lipinski definition) is 5. The Morgan fingerprint density at radius 3 is 2.73 bits per heavy atom. The van der Waals surface area contributed by atoms with Gasteiger partial charge in [0.25, 0.3) is 0 Å². The van der Waals surface area contributed by atoms with E-state index in [2.05, 4.69) is 10.1 Å². The van der Waals surface area contributed by atoms with Crippen molar-refractivity contribution >= 4 is 22.7 Å². The summed E-state index contributed by atoms with van der Waals surface area (Å²) in [6.07, 6.45) is 1.77. The van der Waals surface area contributed by atoms with Gasteiger partial charge in [0.15, 0.2) is 5.84 Å². The van der Waals surface area contributed by atoms with Crippen LogP contribution in [0.15, 0.2) is 47.8 Å². The fourth-order valence-corrected chi connectivity index (χ4v) is 2.91. The molecule has 0 atom stereocenters. The molecule has 7 nitrogen and oxygen atoms in total. The van der Waals surface area contributed by atoms with Gasteiger partial charge >= 0.3 is 5.97 Å². The predicted octanol–water partition coefficient (Wildman–Crippen LogP) is 2.93. The maximum absolute atomic E-state index is 12.3. The summed E-state index contributed by atoms with van der Waals surface area (Å²) in [4.78, 5) is 16.5. The maximum atomic E-state index is 12.3. The van der Waals surface area contributed by atoms with E-state index in [4.69, 9.17) is 15.7 Å². The number of esters is 1. The number of aromatic nitrogens is 2. The molecule has 3 N–H and O–H groups in total. The summed E-state index contributed by atoms with van der Waals surface area (Å²) in [5.74, 6) is -0.447. The second-order valence-electron chi connectivity index (χ2n) is 5.89. The molecule has 0 unspecified atom stereocenters. The Bertz CT molecular complexity index is 992. The standard InChI is InChI=1S/C19H20N4O3/c1-3-26-19(24)17-10-15-9-13(14-6-7-21-12(2)8-14)4-5-16(15)23(17)11-18(20)22-25/h4-10,25H,3,11H2,1-2H3,(H2,20,22). The molecule has 0 aliphatic carbocycles. The molecule has 0 bridgehead atoms. The summed E-state index contributed by atoms with van der Waals surface area (Å²) >= 11 is 0. The number of hydrogen-bond donors (Lipinski definition) is 2. The Balaban J connectivity index is 2.13. The highest BCUT2D eigenvalue weighted by Crippen LogP contribution is 2.27. The van der Waals surface area contributed by atoms with E-state index in [1.165, 1.54) is 0 Å². The summed E-state index contributed by atoms with van der Waals surface area (Å²) in [6, 6.07) is 11.6. The quantitative estimate of drug-likeness (QED) is 0.242. The minimum absolute atomic E-state index is 0.00174. The Hall–Kier alpha value is -3.35. The predicted molar refractivity (Wildman–Crippen MR) is 99.3 cm³/mol. The van der Waals surface area contributed by atoms with Crippen LogP contribution in [0.1, 0.15) is 23.1 Å². The molecule has 0 aliphatic rings. The molecule has 2 aromatic heterocycles. The van der Waals surface area contributed by atoms with Gasteiger partial charge in [-0.2, -0.15) is 0 Å². The van der Waals surface area contributed by atoms with Crippen molar-refractivity contribution in [3.8, 4) is 11.1 Å². The van der Waals surface area contributed by atoms with Crippen LogP contribution in [-0.4, -0.2) is 33.2 Å². The van der Waals surface area contributed by atoms with Crippen molar-refractivity contribution in [2.45, 2.75) is 20.4 Å². The first kappa shape index (κ1) is 17.5. The molecule has 3 aromatic rings. The lowest BCUT2D eigenvalue weighted by atomic mass is 10.0. The zero-order valence-electron chi connectivity index (χ0n) is 14.6. The highest BCUT2D eigenvalue weighted by Gasteiger charge is 2.18. The van der Waals surface area contributed by atoms with Crippen LogP contribution in [0.4, 0.5) is 0 Å². The zero-order valence-corrected chi connectivity index (χ0v) is 14.6. The molecule has 0 fully saturated rings. The lowest BCUT2D eigenvalue weighted by Crippen LogP contribution is -2.22. The Kier molecular flexibility index (Phi) is 4.88. The van der Waals surface area contributed by atoms with Crippen molar-refractivity contribution in [1.82, 2.24) is 9.55 Å². The lowest BCUT2D eigenvalue weighted by Gasteiger charge is -2.09. The van der Waals surface area contributed by atoms with Crippen molar-refractivity contribution in [2.75, 3.05) is 6.61 Å². The summed E-state index contributed by atoms with van der Waals surface area (Å²) < 4.78 is 6.82. The average molecular weight is 352 g/mol. The van der Waals surface area contributed by atoms with Crippen LogP contribution in [-0.2, 0) is 11.3 Å². The van der Waals surface area contributed by atoms with E-state index in [1.807, 2.05) is 37.3 Å². The first-order chi connectivity index (χ1) is 12.5. The summed E-state index contributed by atoms with van der Waals surface area (Å²) in [5.41, 5.74) is 9.80. The minimum atomic E-state index is -0.448. The Labute approximate surface area is 150 Å². The number of carbonyl (C=O) groups is 1. The average Bonchev–Trinajstić information content (AvgIpc) is 2.99. The summed E-state index contributed by atoms with van der Waals surface area (Å²) in [6.45, 7) is 4.04. The van der Waals surface area contributed by atoms with E-state index < -0.39 is 5.97 Å². The van der Waals surface area contributed by atoms with Gasteiger partial charge in [0.05, 0.1) is 13.2 Å². The zero-order chi connectivity index (χ0) is 18.7. The van der Waals surface area contributed by atoms with Crippen molar-refractivity contribution < 1.29 is 14.7 Å². The van der Waals surface area contributed by atoms with Gasteiger partial charge in [-0.25, -0.2) is 4.79 Å². The number of fused-ring (bicyclic) bond motifs is 1. The van der Waals surface area contributed by atoms with E-state index in [9.17, 15) is 4.79 Å². The highest BCUT2D eigenvalue weighted by molar-refractivity contribution is 5.98. The molecular formula is C19H20N4O3. The number of amidine groups is 1. The number of nitrogens with two attached hydrogens (primary N) is 1. The van der Waals surface area contributed by atoms with Gasteiger partial charge in [0.1, 0.15) is 5.69 Å². The third kappa shape index (κ3) is 3.37. The first-order valence-corrected chi connectivity index (χ1v) is 8.23. The van der Waals surface area contributed by atoms with Crippen molar-refractivity contribution in [3.63, 3.8) is 0 Å². The second kappa shape index (κ2) is 7.26. The topological polar surface area (TPSA) is 103 Å². The van der Waals surface area contributed by atoms with Crippen LogP contribution < -0.4 is 5.73 Å². The van der Waals surface area contributed by atoms with Crippen molar-refractivity contribution in [3.05, 3.63) is 54.0 Å². The number of rotatable bonds is 5. The first-order valence-electron chi connectivity index (χ1n) is 8.23. The number of benzene rings is 1. The SMILES string of the molecule is CCOC(=O)c1cc2cc(-c3ccnc(C)c3)ccc2n1C/C(N)=N/O. The monoisotopic (exact) mass is 352 g/mol. The summed E-state index contributed by atoms with van der Waals surface area (Å²) in [5, 5.41) is 12.8. The largest absolute Gasteiger partial charge is 0.461 e. The molecule has 0 aliphatic heterocycles. The van der Waals surface area contributed by atoms with Gasteiger partial charge in [-0.1, -0.05) is 11.2 Å². The van der Waals surface area contributed by atoms with E-state index in [0.717, 1.165) is 27.7 Å². The molecular weight excluding hydrogens is 332 g/mol. The molecule has 134 valence electrons. The van der Waals surface area contributed by atoms with Crippen LogP contribution >= 0.6 is 0 Å². The molecule has 0 saturated carbocycles. The molecule has 2 heterocycles. The molecule has 1 aromatic carbocycles. The van der Waals surface area contributed by atoms with Gasteiger partial charge in [-0.05, 0) is 55.3 Å². The van der Waals surface area contributed by atoms with Gasteiger partial charge in [0, 0.05) is 22.8 Å². The van der Waals surface area contributed by atoms with E-state index >= 15 is 0 Å². The number of aryl methyl sites for hydroxylation is 1. The number of ether oxygens (including phenoxy) is 1. The van der Waals surface area contributed by atoms with Gasteiger partial charge < -0.3 is 20.2 Å². The van der Waals surface area contributed by atoms with E-state index in [-0.39, 0.29) is 19.0 Å². The maximum Gasteiger partial charge on any atom is 0.354 e. The molecule has 7 heteroatoms. The fourth-order valence-electron chi connectivity index (χ4n) is 2.91. The van der Waals surface area contributed by atoms with Crippen LogP contribution in [0.3, 0.4) is 0 Å². The Morgan fingerprint density at radius 2 is 2.04 bits per heavy atom. The normalized spacial score (nSPS) is 11.7. The molecule has 0 spiro atoms. The molecule has 0 saturated heterocycles. The van der Waals surface area contributed by atoms with Crippen LogP contribution in [0.25, 0.3) is 22.0 Å². The number of nitrogens with zero attached hydrogens (tertiary/aromatic N) is 3. The van der Waals surface area contributed by atoms with Crippen molar-refractivity contribution in [2.24, 2.45) is 10.9 Å². The number of pyridine rings is 1. The number of oxime groups is 1. The van der Waals surface area contributed by atoms with Crippen LogP contribution in [0.2, 0.25) is 0 Å². The third-order valence-corrected chi connectivity index (χ3v) is 4.06. The smallest absolute Gasteiger partial charge is 0.354 e. The highest BCUT2D eigenvalue weighted by atomic mass is 16.5. The van der Waals surface area contributed by atoms with Gasteiger partial charge in [-0.3, -0.25) is 4.98 Å². The van der Waals surface area contributed by atoms with Crippen molar-refractivity contribution in [1.29, 1.82) is 0 Å². The second-order valence-corrected chi connectivity index (χ2v) is 5.89.